The van der Waals surface area contributed by atoms with Crippen molar-refractivity contribution in [1.29, 1.82) is 0 Å². The first-order chi connectivity index (χ1) is 16.8. The van der Waals surface area contributed by atoms with Crippen LogP contribution in [-0.4, -0.2) is 50.1 Å². The second-order valence-electron chi connectivity index (χ2n) is 9.79. The van der Waals surface area contributed by atoms with E-state index in [2.05, 4.69) is 46.7 Å². The summed E-state index contributed by atoms with van der Waals surface area (Å²) in [5.41, 5.74) is 2.69. The van der Waals surface area contributed by atoms with Gasteiger partial charge >= 0.3 is 0 Å². The van der Waals surface area contributed by atoms with E-state index in [0.717, 1.165) is 31.1 Å². The number of piperidine rings is 1. The summed E-state index contributed by atoms with van der Waals surface area (Å²) >= 11 is 0. The normalized spacial score (nSPS) is 15.5. The Hall–Kier alpha value is -3.06. The van der Waals surface area contributed by atoms with E-state index in [1.165, 1.54) is 32.6 Å². The largest absolute Gasteiger partial charge is 0.497 e. The van der Waals surface area contributed by atoms with E-state index in [9.17, 15) is 9.59 Å². The molecule has 1 aliphatic rings. The molecule has 35 heavy (non-hydrogen) atoms. The average molecular weight is 482 g/mol. The average Bonchev–Trinajstić information content (AvgIpc) is 2.87. The van der Waals surface area contributed by atoms with Crippen LogP contribution in [-0.2, 0) is 17.9 Å². The number of benzene rings is 2. The van der Waals surface area contributed by atoms with Crippen LogP contribution in [0.5, 0.6) is 11.5 Å². The Balaban J connectivity index is 1.55. The Kier molecular flexibility index (Phi) is 9.55. The van der Waals surface area contributed by atoms with E-state index < -0.39 is 6.04 Å². The molecule has 0 aromatic heterocycles. The molecule has 1 unspecified atom stereocenters. The highest BCUT2D eigenvalue weighted by Crippen LogP contribution is 2.23. The summed E-state index contributed by atoms with van der Waals surface area (Å²) in [6.07, 6.45) is 2.53. The third kappa shape index (κ3) is 7.72. The fourth-order valence-corrected chi connectivity index (χ4v) is 4.24. The lowest BCUT2D eigenvalue weighted by Crippen LogP contribution is -2.49. The lowest BCUT2D eigenvalue weighted by Gasteiger charge is -2.30. The summed E-state index contributed by atoms with van der Waals surface area (Å²) in [4.78, 5) is 28.3. The number of nitrogens with zero attached hydrogens (tertiary/aromatic N) is 1. The zero-order valence-electron chi connectivity index (χ0n) is 21.6. The number of rotatable bonds is 10. The standard InChI is InChI=1S/C28H39N3O4/c1-19(2)26(30-27(32)23-14-24(34-4)16-25(15-23)35-5)28(33)29-17-21-6-8-22(9-7-21)18-31-12-10-20(3)11-13-31/h6-9,14-16,19-20,26H,10-13,17-18H2,1-5H3,(H,29,33)(H,30,32). The SMILES string of the molecule is COc1cc(OC)cc(C(=O)NC(C(=O)NCc2ccc(CN3CCC(C)CC3)cc2)C(C)C)c1. The molecule has 2 amide bonds. The maximum absolute atomic E-state index is 12.9. The number of hydrogen-bond acceptors (Lipinski definition) is 5. The molecule has 0 aliphatic carbocycles. The lowest BCUT2D eigenvalue weighted by molar-refractivity contribution is -0.124. The molecule has 0 bridgehead atoms. The summed E-state index contributed by atoms with van der Waals surface area (Å²) < 4.78 is 10.5. The van der Waals surface area contributed by atoms with Crippen LogP contribution in [0.4, 0.5) is 0 Å². The van der Waals surface area contributed by atoms with Crippen LogP contribution in [0.3, 0.4) is 0 Å². The number of likely N-dealkylation sites (tertiary alicyclic amines) is 1. The molecule has 7 nitrogen and oxygen atoms in total. The van der Waals surface area contributed by atoms with Crippen LogP contribution in [0.2, 0.25) is 0 Å². The highest BCUT2D eigenvalue weighted by Gasteiger charge is 2.25. The van der Waals surface area contributed by atoms with E-state index in [1.807, 2.05) is 13.8 Å². The molecule has 0 spiro atoms. The van der Waals surface area contributed by atoms with Gasteiger partial charge in [0.2, 0.25) is 5.91 Å². The van der Waals surface area contributed by atoms with E-state index >= 15 is 0 Å². The van der Waals surface area contributed by atoms with Gasteiger partial charge in [-0.2, -0.15) is 0 Å². The molecule has 1 aliphatic heterocycles. The van der Waals surface area contributed by atoms with Gasteiger partial charge in [0.1, 0.15) is 17.5 Å². The first-order valence-electron chi connectivity index (χ1n) is 12.4. The van der Waals surface area contributed by atoms with Crippen LogP contribution in [0, 0.1) is 11.8 Å². The number of nitrogens with one attached hydrogen (secondary N) is 2. The van der Waals surface area contributed by atoms with Crippen molar-refractivity contribution in [3.05, 3.63) is 59.2 Å². The molecule has 1 fully saturated rings. The lowest BCUT2D eigenvalue weighted by atomic mass is 9.99. The predicted octanol–water partition coefficient (Wildman–Crippen LogP) is 4.01. The van der Waals surface area contributed by atoms with Gasteiger partial charge in [0.05, 0.1) is 14.2 Å². The van der Waals surface area contributed by atoms with Gasteiger partial charge in [-0.15, -0.1) is 0 Å². The van der Waals surface area contributed by atoms with Crippen LogP contribution >= 0.6 is 0 Å². The summed E-state index contributed by atoms with van der Waals surface area (Å²) in [5.74, 6) is 1.20. The van der Waals surface area contributed by atoms with E-state index in [0.29, 0.717) is 23.6 Å². The molecule has 2 aromatic carbocycles. The summed E-state index contributed by atoms with van der Waals surface area (Å²) in [5, 5.41) is 5.84. The smallest absolute Gasteiger partial charge is 0.252 e. The van der Waals surface area contributed by atoms with Gasteiger partial charge in [-0.3, -0.25) is 14.5 Å². The Morgan fingerprint density at radius 2 is 1.54 bits per heavy atom. The van der Waals surface area contributed by atoms with Gasteiger partial charge in [0, 0.05) is 24.7 Å². The Bertz CT molecular complexity index is 960. The van der Waals surface area contributed by atoms with Crippen molar-refractivity contribution in [1.82, 2.24) is 15.5 Å². The van der Waals surface area contributed by atoms with Crippen molar-refractivity contribution < 1.29 is 19.1 Å². The fourth-order valence-electron chi connectivity index (χ4n) is 4.24. The second-order valence-corrected chi connectivity index (χ2v) is 9.79. The number of carbonyl (C=O) groups excluding carboxylic acids is 2. The fraction of sp³-hybridized carbons (Fsp3) is 0.500. The summed E-state index contributed by atoms with van der Waals surface area (Å²) in [6, 6.07) is 12.7. The number of amides is 2. The maximum atomic E-state index is 12.9. The predicted molar refractivity (Wildman–Crippen MR) is 138 cm³/mol. The Morgan fingerprint density at radius 1 is 0.971 bits per heavy atom. The highest BCUT2D eigenvalue weighted by molar-refractivity contribution is 5.98. The molecule has 0 saturated carbocycles. The minimum absolute atomic E-state index is 0.0823. The first kappa shape index (κ1) is 26.5. The van der Waals surface area contributed by atoms with Gasteiger partial charge in [-0.1, -0.05) is 45.0 Å². The number of methoxy groups -OCH3 is 2. The zero-order valence-corrected chi connectivity index (χ0v) is 21.6. The van der Waals surface area contributed by atoms with Crippen molar-refractivity contribution >= 4 is 11.8 Å². The van der Waals surface area contributed by atoms with Crippen LogP contribution in [0.15, 0.2) is 42.5 Å². The van der Waals surface area contributed by atoms with E-state index in [4.69, 9.17) is 9.47 Å². The second kappa shape index (κ2) is 12.6. The third-order valence-corrected chi connectivity index (χ3v) is 6.62. The van der Waals surface area contributed by atoms with E-state index in [-0.39, 0.29) is 17.7 Å². The van der Waals surface area contributed by atoms with Crippen molar-refractivity contribution in [2.45, 2.75) is 52.7 Å². The van der Waals surface area contributed by atoms with Gasteiger partial charge < -0.3 is 20.1 Å². The van der Waals surface area contributed by atoms with Crippen molar-refractivity contribution in [3.63, 3.8) is 0 Å². The molecule has 1 atom stereocenters. The molecule has 7 heteroatoms. The molecule has 2 aromatic rings. The van der Waals surface area contributed by atoms with Gasteiger partial charge in [-0.25, -0.2) is 0 Å². The Labute approximate surface area is 209 Å². The van der Waals surface area contributed by atoms with Crippen molar-refractivity contribution in [2.24, 2.45) is 11.8 Å². The molecule has 190 valence electrons. The van der Waals surface area contributed by atoms with Crippen LogP contribution in [0.1, 0.15) is 55.1 Å². The zero-order chi connectivity index (χ0) is 25.4. The molecular formula is C28H39N3O4. The minimum Gasteiger partial charge on any atom is -0.497 e. The first-order valence-corrected chi connectivity index (χ1v) is 12.4. The van der Waals surface area contributed by atoms with Gasteiger partial charge in [-0.05, 0) is 61.0 Å². The molecule has 3 rings (SSSR count). The van der Waals surface area contributed by atoms with Crippen molar-refractivity contribution in [3.8, 4) is 11.5 Å². The third-order valence-electron chi connectivity index (χ3n) is 6.62. The number of ether oxygens (including phenoxy) is 2. The topological polar surface area (TPSA) is 79.9 Å². The molecule has 1 saturated heterocycles. The molecule has 1 heterocycles. The molecule has 2 N–H and O–H groups in total. The number of hydrogen-bond donors (Lipinski definition) is 2. The number of carbonyl (C=O) groups is 2. The van der Waals surface area contributed by atoms with Gasteiger partial charge in [0.15, 0.2) is 0 Å². The minimum atomic E-state index is -0.666. The van der Waals surface area contributed by atoms with Crippen molar-refractivity contribution in [2.75, 3.05) is 27.3 Å². The highest BCUT2D eigenvalue weighted by atomic mass is 16.5. The molecule has 0 radical (unpaired) electrons. The quantitative estimate of drug-likeness (QED) is 0.536. The summed E-state index contributed by atoms with van der Waals surface area (Å²) in [6.45, 7) is 9.83. The van der Waals surface area contributed by atoms with Crippen LogP contribution < -0.4 is 20.1 Å². The summed E-state index contributed by atoms with van der Waals surface area (Å²) in [7, 11) is 3.06. The van der Waals surface area contributed by atoms with Crippen LogP contribution in [0.25, 0.3) is 0 Å². The Morgan fingerprint density at radius 3 is 2.09 bits per heavy atom. The maximum Gasteiger partial charge on any atom is 0.252 e. The molecular weight excluding hydrogens is 442 g/mol. The van der Waals surface area contributed by atoms with E-state index in [1.54, 1.807) is 18.2 Å². The van der Waals surface area contributed by atoms with Gasteiger partial charge in [0.25, 0.3) is 5.91 Å². The monoisotopic (exact) mass is 481 g/mol.